The van der Waals surface area contributed by atoms with Crippen molar-refractivity contribution < 1.29 is 18.6 Å². The lowest BCUT2D eigenvalue weighted by Gasteiger charge is -2.26. The van der Waals surface area contributed by atoms with Crippen LogP contribution >= 0.6 is 0 Å². The van der Waals surface area contributed by atoms with Gasteiger partial charge in [0.1, 0.15) is 22.8 Å². The smallest absolute Gasteiger partial charge is 0.224 e. The Morgan fingerprint density at radius 2 is 1.84 bits per heavy atom. The Morgan fingerprint density at radius 3 is 2.55 bits per heavy atom. The van der Waals surface area contributed by atoms with Gasteiger partial charge in [-0.1, -0.05) is 6.07 Å². The first-order valence-electron chi connectivity index (χ1n) is 10.6. The Labute approximate surface area is 177 Å². The van der Waals surface area contributed by atoms with Crippen molar-refractivity contribution in [2.45, 2.75) is 50.3 Å². The van der Waals surface area contributed by atoms with Gasteiger partial charge in [0, 0.05) is 12.6 Å². The summed E-state index contributed by atoms with van der Waals surface area (Å²) in [6.07, 6.45) is 5.30. The molecule has 2 aromatic heterocycles. The second kappa shape index (κ2) is 8.35. The number of benzene rings is 1. The van der Waals surface area contributed by atoms with Crippen LogP contribution in [0.1, 0.15) is 38.1 Å². The Bertz CT molecular complexity index is 1060. The molecule has 31 heavy (non-hydrogen) atoms. The Morgan fingerprint density at radius 1 is 1.06 bits per heavy atom. The molecule has 3 heterocycles. The van der Waals surface area contributed by atoms with Crippen LogP contribution in [0.2, 0.25) is 0 Å². The van der Waals surface area contributed by atoms with Crippen LogP contribution in [0.4, 0.5) is 26.4 Å². The van der Waals surface area contributed by atoms with Gasteiger partial charge in [-0.15, -0.1) is 0 Å². The summed E-state index contributed by atoms with van der Waals surface area (Å²) in [5, 5.41) is 15.9. The van der Waals surface area contributed by atoms with Gasteiger partial charge >= 0.3 is 0 Å². The van der Waals surface area contributed by atoms with Crippen LogP contribution in [0, 0.1) is 11.6 Å². The summed E-state index contributed by atoms with van der Waals surface area (Å²) in [5.74, 6) is -0.636. The molecule has 3 aromatic rings. The minimum Gasteiger partial charge on any atom is -0.393 e. The van der Waals surface area contributed by atoms with Crippen molar-refractivity contribution in [2.75, 3.05) is 23.8 Å². The maximum absolute atomic E-state index is 14.2. The fraction of sp³-hybridized carbons (Fsp3) is 0.476. The predicted molar refractivity (Wildman–Crippen MR) is 111 cm³/mol. The average molecular weight is 430 g/mol. The molecule has 5 rings (SSSR count). The zero-order valence-corrected chi connectivity index (χ0v) is 16.9. The largest absolute Gasteiger partial charge is 0.393 e. The molecule has 1 aliphatic carbocycles. The van der Waals surface area contributed by atoms with Crippen molar-refractivity contribution >= 4 is 28.7 Å². The van der Waals surface area contributed by atoms with Gasteiger partial charge in [-0.05, 0) is 44.2 Å². The number of aliphatic hydroxyl groups excluding tert-OH is 1. The van der Waals surface area contributed by atoms with Crippen LogP contribution in [0.5, 0.6) is 0 Å². The highest BCUT2D eigenvalue weighted by Crippen LogP contribution is 2.32. The van der Waals surface area contributed by atoms with E-state index >= 15 is 0 Å². The van der Waals surface area contributed by atoms with Gasteiger partial charge in [-0.3, -0.25) is 4.57 Å². The highest BCUT2D eigenvalue weighted by Gasteiger charge is 2.26. The molecule has 3 N–H and O–H groups in total. The molecule has 0 amide bonds. The number of rotatable bonds is 5. The number of imidazole rings is 1. The van der Waals surface area contributed by atoms with Crippen LogP contribution in [0.15, 0.2) is 24.4 Å². The second-order valence-corrected chi connectivity index (χ2v) is 8.10. The highest BCUT2D eigenvalue weighted by molar-refractivity contribution is 5.76. The Balaban J connectivity index is 1.50. The molecule has 0 spiro atoms. The van der Waals surface area contributed by atoms with Gasteiger partial charge in [-0.2, -0.15) is 4.98 Å². The molecule has 164 valence electrons. The number of para-hydroxylation sites is 1. The van der Waals surface area contributed by atoms with Gasteiger partial charge in [-0.25, -0.2) is 18.7 Å². The third-order valence-electron chi connectivity index (χ3n) is 5.93. The number of ether oxygens (including phenoxy) is 1. The number of nitrogens with one attached hydrogen (secondary N) is 2. The molecule has 10 heteroatoms. The molecular formula is C21H24F2N6O2. The van der Waals surface area contributed by atoms with E-state index in [0.29, 0.717) is 36.3 Å². The van der Waals surface area contributed by atoms with E-state index in [9.17, 15) is 13.9 Å². The van der Waals surface area contributed by atoms with Crippen molar-refractivity contribution in [3.8, 4) is 0 Å². The summed E-state index contributed by atoms with van der Waals surface area (Å²) in [6.45, 7) is 1.06. The van der Waals surface area contributed by atoms with E-state index in [1.54, 1.807) is 6.20 Å². The zero-order valence-electron chi connectivity index (χ0n) is 16.9. The van der Waals surface area contributed by atoms with Crippen molar-refractivity contribution in [2.24, 2.45) is 0 Å². The molecule has 2 fully saturated rings. The summed E-state index contributed by atoms with van der Waals surface area (Å²) in [6, 6.07) is 3.84. The van der Waals surface area contributed by atoms with Crippen LogP contribution in [-0.4, -0.2) is 50.0 Å². The molecule has 1 saturated heterocycles. The van der Waals surface area contributed by atoms with Crippen molar-refractivity contribution in [1.82, 2.24) is 19.5 Å². The predicted octanol–water partition coefficient (Wildman–Crippen LogP) is 3.52. The van der Waals surface area contributed by atoms with E-state index in [2.05, 4.69) is 25.6 Å². The summed E-state index contributed by atoms with van der Waals surface area (Å²) in [4.78, 5) is 13.6. The number of halogens is 2. The molecule has 1 aromatic carbocycles. The van der Waals surface area contributed by atoms with Gasteiger partial charge in [0.05, 0.1) is 24.9 Å². The summed E-state index contributed by atoms with van der Waals surface area (Å²) < 4.78 is 35.8. The maximum atomic E-state index is 14.2. The molecular weight excluding hydrogens is 406 g/mol. The zero-order chi connectivity index (χ0) is 21.4. The standard InChI is InChI=1S/C21H24F2N6O2/c22-15-2-1-3-16(23)18(15)27-21-26-17-10-24-20(25-12-4-6-14(30)7-5-12)28-19(17)29(21)13-8-9-31-11-13/h1-3,10,12-14,30H,4-9,11H2,(H,26,27)(H,24,25,28)/t12-,13-,14-/m0/s1. The lowest BCUT2D eigenvalue weighted by molar-refractivity contribution is 0.126. The lowest BCUT2D eigenvalue weighted by atomic mass is 9.93. The first-order valence-corrected chi connectivity index (χ1v) is 10.6. The molecule has 0 unspecified atom stereocenters. The topological polar surface area (TPSA) is 97.1 Å². The third-order valence-corrected chi connectivity index (χ3v) is 5.93. The molecule has 1 saturated carbocycles. The van der Waals surface area contributed by atoms with E-state index in [4.69, 9.17) is 4.74 Å². The molecule has 2 aliphatic rings. The minimum atomic E-state index is -0.700. The number of hydrogen-bond donors (Lipinski definition) is 3. The van der Waals surface area contributed by atoms with E-state index < -0.39 is 11.6 Å². The van der Waals surface area contributed by atoms with Crippen LogP contribution in [-0.2, 0) is 4.74 Å². The van der Waals surface area contributed by atoms with Gasteiger partial charge < -0.3 is 20.5 Å². The molecule has 8 nitrogen and oxygen atoms in total. The second-order valence-electron chi connectivity index (χ2n) is 8.10. The number of aliphatic hydroxyl groups is 1. The van der Waals surface area contributed by atoms with Gasteiger partial charge in [0.2, 0.25) is 11.9 Å². The van der Waals surface area contributed by atoms with Crippen LogP contribution < -0.4 is 10.6 Å². The van der Waals surface area contributed by atoms with E-state index in [1.807, 2.05) is 4.57 Å². The highest BCUT2D eigenvalue weighted by atomic mass is 19.1. The fourth-order valence-electron chi connectivity index (χ4n) is 4.25. The van der Waals surface area contributed by atoms with Crippen molar-refractivity contribution in [3.05, 3.63) is 36.0 Å². The van der Waals surface area contributed by atoms with Crippen LogP contribution in [0.25, 0.3) is 11.2 Å². The van der Waals surface area contributed by atoms with E-state index in [-0.39, 0.29) is 23.9 Å². The molecule has 0 bridgehead atoms. The number of nitrogens with zero attached hydrogens (tertiary/aromatic N) is 4. The first-order chi connectivity index (χ1) is 15.1. The van der Waals surface area contributed by atoms with Crippen molar-refractivity contribution in [3.63, 3.8) is 0 Å². The summed E-state index contributed by atoms with van der Waals surface area (Å²) in [7, 11) is 0. The SMILES string of the molecule is O[C@H]1CC[C@H](Nc2ncc3nc(Nc4c(F)cccc4F)n([C@H]4CCOC4)c3n2)CC1. The first kappa shape index (κ1) is 20.1. The summed E-state index contributed by atoms with van der Waals surface area (Å²) >= 11 is 0. The van der Waals surface area contributed by atoms with Gasteiger partial charge in [0.15, 0.2) is 5.65 Å². The Hall–Kier alpha value is -2.85. The minimum absolute atomic E-state index is 0.0603. The third kappa shape index (κ3) is 4.05. The Kier molecular flexibility index (Phi) is 5.41. The fourth-order valence-corrected chi connectivity index (χ4v) is 4.25. The quantitative estimate of drug-likeness (QED) is 0.570. The monoisotopic (exact) mass is 430 g/mol. The summed E-state index contributed by atoms with van der Waals surface area (Å²) in [5.41, 5.74) is 0.837. The van der Waals surface area contributed by atoms with Crippen LogP contribution in [0.3, 0.4) is 0 Å². The van der Waals surface area contributed by atoms with E-state index in [0.717, 1.165) is 32.1 Å². The number of hydrogen-bond acceptors (Lipinski definition) is 7. The number of anilines is 3. The molecule has 1 atom stereocenters. The van der Waals surface area contributed by atoms with Gasteiger partial charge in [0.25, 0.3) is 0 Å². The maximum Gasteiger partial charge on any atom is 0.224 e. The normalized spacial score (nSPS) is 23.9. The molecule has 1 aliphatic heterocycles. The average Bonchev–Trinajstić information content (AvgIpc) is 3.39. The van der Waals surface area contributed by atoms with E-state index in [1.165, 1.54) is 18.2 Å². The lowest BCUT2D eigenvalue weighted by Crippen LogP contribution is -2.29. The van der Waals surface area contributed by atoms with Crippen molar-refractivity contribution in [1.29, 1.82) is 0 Å². The number of aromatic nitrogens is 4. The molecule has 0 radical (unpaired) electrons. The number of fused-ring (bicyclic) bond motifs is 1.